The van der Waals surface area contributed by atoms with Crippen molar-refractivity contribution in [2.45, 2.75) is 59.5 Å². The number of ether oxygens (including phenoxy) is 1. The average molecular weight is 412 g/mol. The van der Waals surface area contributed by atoms with Gasteiger partial charge in [0.25, 0.3) is 5.91 Å². The highest BCUT2D eigenvalue weighted by molar-refractivity contribution is 5.99. The van der Waals surface area contributed by atoms with E-state index in [9.17, 15) is 9.59 Å². The maximum absolute atomic E-state index is 12.3. The molecule has 1 amide bonds. The topological polar surface area (TPSA) is 75.6 Å². The summed E-state index contributed by atoms with van der Waals surface area (Å²) in [5.74, 6) is -0.173. The molecule has 0 radical (unpaired) electrons. The van der Waals surface area contributed by atoms with E-state index >= 15 is 0 Å². The van der Waals surface area contributed by atoms with Gasteiger partial charge in [-0.15, -0.1) is 0 Å². The molecule has 162 valence electrons. The summed E-state index contributed by atoms with van der Waals surface area (Å²) in [5, 5.41) is 13.6. The van der Waals surface area contributed by atoms with Gasteiger partial charge >= 0.3 is 5.97 Å². The van der Waals surface area contributed by atoms with Crippen LogP contribution in [-0.4, -0.2) is 29.6 Å². The molecule has 0 spiro atoms. The van der Waals surface area contributed by atoms with E-state index in [4.69, 9.17) is 9.84 Å². The first kappa shape index (κ1) is 22.1. The number of carboxylic acids is 1. The van der Waals surface area contributed by atoms with Crippen molar-refractivity contribution in [3.8, 4) is 5.75 Å². The fourth-order valence-electron chi connectivity index (χ4n) is 4.11. The Morgan fingerprint density at radius 2 is 1.70 bits per heavy atom. The summed E-state index contributed by atoms with van der Waals surface area (Å²) in [5.41, 5.74) is 0.887. The van der Waals surface area contributed by atoms with Crippen molar-refractivity contribution in [2.24, 2.45) is 17.3 Å². The highest BCUT2D eigenvalue weighted by atomic mass is 16.5. The molecular weight excluding hydrogens is 378 g/mol. The van der Waals surface area contributed by atoms with E-state index in [0.717, 1.165) is 35.3 Å². The Labute approximate surface area is 178 Å². The Kier molecular flexibility index (Phi) is 6.69. The van der Waals surface area contributed by atoms with Gasteiger partial charge in [0, 0.05) is 12.1 Å². The van der Waals surface area contributed by atoms with Crippen LogP contribution in [-0.2, 0) is 4.79 Å². The fourth-order valence-corrected chi connectivity index (χ4v) is 4.11. The second-order valence-electron chi connectivity index (χ2n) is 9.63. The molecule has 1 fully saturated rings. The molecule has 0 bridgehead atoms. The number of rotatable bonds is 6. The number of carbonyl (C=O) groups excluding carboxylic acids is 1. The zero-order valence-corrected chi connectivity index (χ0v) is 18.4. The first-order valence-corrected chi connectivity index (χ1v) is 10.8. The van der Waals surface area contributed by atoms with Crippen LogP contribution in [0, 0.1) is 17.3 Å². The Morgan fingerprint density at radius 3 is 2.33 bits per heavy atom. The van der Waals surface area contributed by atoms with Crippen molar-refractivity contribution in [1.29, 1.82) is 0 Å². The number of benzene rings is 2. The molecule has 1 unspecified atom stereocenters. The Morgan fingerprint density at radius 1 is 1.07 bits per heavy atom. The molecule has 2 aromatic carbocycles. The van der Waals surface area contributed by atoms with Crippen LogP contribution in [0.2, 0.25) is 0 Å². The highest BCUT2D eigenvalue weighted by Gasteiger charge is 2.30. The standard InChI is InChI=1S/C25H33NO4/c1-16(24(28)29)15-26-23(27)19-6-5-18-14-22(10-7-17(18)13-19)30-21-11-8-20(9-12-21)25(2,3)4/h5-7,10,13-14,16,20-21H,8-9,11-12,15H2,1-4H3,(H,26,27)(H,28,29). The molecule has 2 N–H and O–H groups in total. The van der Waals surface area contributed by atoms with Crippen LogP contribution < -0.4 is 10.1 Å². The largest absolute Gasteiger partial charge is 0.490 e. The first-order chi connectivity index (χ1) is 14.1. The van der Waals surface area contributed by atoms with Crippen LogP contribution in [0.15, 0.2) is 36.4 Å². The fraction of sp³-hybridized carbons (Fsp3) is 0.520. The van der Waals surface area contributed by atoms with Crippen LogP contribution in [0.25, 0.3) is 10.8 Å². The summed E-state index contributed by atoms with van der Waals surface area (Å²) in [6, 6.07) is 11.5. The summed E-state index contributed by atoms with van der Waals surface area (Å²) < 4.78 is 6.25. The normalized spacial score (nSPS) is 20.5. The lowest BCUT2D eigenvalue weighted by atomic mass is 9.72. The Bertz CT molecular complexity index is 907. The molecule has 1 aliphatic carbocycles. The SMILES string of the molecule is CC(CNC(=O)c1ccc2cc(OC3CCC(C(C)(C)C)CC3)ccc2c1)C(=O)O. The van der Waals surface area contributed by atoms with E-state index in [0.29, 0.717) is 11.0 Å². The van der Waals surface area contributed by atoms with Crippen LogP contribution in [0.5, 0.6) is 5.75 Å². The molecule has 0 heterocycles. The van der Waals surface area contributed by atoms with Gasteiger partial charge in [-0.3, -0.25) is 9.59 Å². The molecule has 1 saturated carbocycles. The van der Waals surface area contributed by atoms with E-state index in [2.05, 4.69) is 26.1 Å². The third-order valence-corrected chi connectivity index (χ3v) is 6.27. The smallest absolute Gasteiger partial charge is 0.308 e. The molecule has 3 rings (SSSR count). The molecule has 5 heteroatoms. The lowest BCUT2D eigenvalue weighted by Crippen LogP contribution is -2.31. The van der Waals surface area contributed by atoms with Gasteiger partial charge in [-0.05, 0) is 72.1 Å². The number of hydrogen-bond acceptors (Lipinski definition) is 3. The number of hydrogen-bond donors (Lipinski definition) is 2. The van der Waals surface area contributed by atoms with Gasteiger partial charge in [0.2, 0.25) is 0 Å². The van der Waals surface area contributed by atoms with Gasteiger partial charge in [0.15, 0.2) is 0 Å². The molecule has 2 aromatic rings. The van der Waals surface area contributed by atoms with Crippen LogP contribution >= 0.6 is 0 Å². The molecule has 0 aromatic heterocycles. The first-order valence-electron chi connectivity index (χ1n) is 10.8. The summed E-state index contributed by atoms with van der Waals surface area (Å²) in [6.07, 6.45) is 4.87. The maximum atomic E-state index is 12.3. The summed E-state index contributed by atoms with van der Waals surface area (Å²) in [4.78, 5) is 23.2. The number of carbonyl (C=O) groups is 2. The predicted molar refractivity (Wildman–Crippen MR) is 119 cm³/mol. The molecule has 30 heavy (non-hydrogen) atoms. The maximum Gasteiger partial charge on any atom is 0.308 e. The molecular formula is C25H33NO4. The van der Waals surface area contributed by atoms with Gasteiger partial charge in [-0.2, -0.15) is 0 Å². The number of amides is 1. The van der Waals surface area contributed by atoms with Gasteiger partial charge in [0.1, 0.15) is 5.75 Å². The Hall–Kier alpha value is -2.56. The van der Waals surface area contributed by atoms with E-state index in [1.165, 1.54) is 12.8 Å². The number of nitrogens with one attached hydrogen (secondary N) is 1. The van der Waals surface area contributed by atoms with Gasteiger partial charge < -0.3 is 15.2 Å². The lowest BCUT2D eigenvalue weighted by Gasteiger charge is -2.37. The Balaban J connectivity index is 1.61. The molecule has 1 atom stereocenters. The lowest BCUT2D eigenvalue weighted by molar-refractivity contribution is -0.140. The summed E-state index contributed by atoms with van der Waals surface area (Å²) in [7, 11) is 0. The molecule has 0 aliphatic heterocycles. The number of aliphatic carboxylic acids is 1. The second kappa shape index (κ2) is 9.07. The second-order valence-corrected chi connectivity index (χ2v) is 9.63. The van der Waals surface area contributed by atoms with Gasteiger partial charge in [0.05, 0.1) is 12.0 Å². The van der Waals surface area contributed by atoms with Gasteiger partial charge in [-0.25, -0.2) is 0 Å². The minimum absolute atomic E-state index is 0.108. The minimum atomic E-state index is -0.923. The van der Waals surface area contributed by atoms with Crippen molar-refractivity contribution in [1.82, 2.24) is 5.32 Å². The summed E-state index contributed by atoms with van der Waals surface area (Å²) in [6.45, 7) is 8.65. The van der Waals surface area contributed by atoms with Crippen molar-refractivity contribution in [2.75, 3.05) is 6.54 Å². The number of fused-ring (bicyclic) bond motifs is 1. The molecule has 0 saturated heterocycles. The highest BCUT2D eigenvalue weighted by Crippen LogP contribution is 2.39. The molecule has 5 nitrogen and oxygen atoms in total. The summed E-state index contributed by atoms with van der Waals surface area (Å²) >= 11 is 0. The zero-order chi connectivity index (χ0) is 21.9. The number of carboxylic acid groups (broad SMARTS) is 1. The van der Waals surface area contributed by atoms with Crippen LogP contribution in [0.1, 0.15) is 63.7 Å². The van der Waals surface area contributed by atoms with Crippen molar-refractivity contribution in [3.63, 3.8) is 0 Å². The van der Waals surface area contributed by atoms with E-state index in [1.807, 2.05) is 30.3 Å². The third kappa shape index (κ3) is 5.53. The quantitative estimate of drug-likeness (QED) is 0.679. The minimum Gasteiger partial charge on any atom is -0.490 e. The van der Waals surface area contributed by atoms with E-state index < -0.39 is 11.9 Å². The predicted octanol–water partition coefficient (Wildman–Crippen LogP) is 5.27. The van der Waals surface area contributed by atoms with Gasteiger partial charge in [-0.1, -0.05) is 39.8 Å². The van der Waals surface area contributed by atoms with Crippen molar-refractivity contribution < 1.29 is 19.4 Å². The monoisotopic (exact) mass is 411 g/mol. The van der Waals surface area contributed by atoms with Crippen molar-refractivity contribution in [3.05, 3.63) is 42.0 Å². The van der Waals surface area contributed by atoms with Crippen LogP contribution in [0.4, 0.5) is 0 Å². The molecule has 1 aliphatic rings. The van der Waals surface area contributed by atoms with Crippen molar-refractivity contribution >= 4 is 22.6 Å². The average Bonchev–Trinajstić information content (AvgIpc) is 2.71. The van der Waals surface area contributed by atoms with Crippen LogP contribution in [0.3, 0.4) is 0 Å². The van der Waals surface area contributed by atoms with E-state index in [1.54, 1.807) is 13.0 Å². The zero-order valence-electron chi connectivity index (χ0n) is 18.4. The van der Waals surface area contributed by atoms with E-state index in [-0.39, 0.29) is 18.6 Å². The third-order valence-electron chi connectivity index (χ3n) is 6.27.